The highest BCUT2D eigenvalue weighted by atomic mass is 16.3. The topological polar surface area (TPSA) is 64.7 Å². The minimum Gasteiger partial charge on any atom is -0.454 e. The fourth-order valence-corrected chi connectivity index (χ4v) is 9.44. The largest absolute Gasteiger partial charge is 0.454 e. The van der Waals surface area contributed by atoms with E-state index in [0.717, 1.165) is 88.1 Å². The lowest BCUT2D eigenvalue weighted by Gasteiger charge is -2.15. The number of benzene rings is 10. The number of hydrogen-bond donors (Lipinski definition) is 0. The van der Waals surface area contributed by atoms with Gasteiger partial charge in [-0.15, -0.1) is 0 Å². The van der Waals surface area contributed by atoms with Crippen LogP contribution in [0.3, 0.4) is 0 Å². The Bertz CT molecular complexity index is 3860. The first-order chi connectivity index (χ1) is 30.2. The van der Waals surface area contributed by atoms with Crippen molar-refractivity contribution in [3.63, 3.8) is 0 Å². The third-order valence-corrected chi connectivity index (χ3v) is 12.3. The van der Waals surface area contributed by atoms with Crippen molar-refractivity contribution in [2.24, 2.45) is 0 Å². The third kappa shape index (κ3) is 5.21. The van der Waals surface area contributed by atoms with Crippen LogP contribution in [0.1, 0.15) is 0 Å². The third-order valence-electron chi connectivity index (χ3n) is 12.3. The number of rotatable bonds is 5. The number of pyridine rings is 1. The van der Waals surface area contributed by atoms with Crippen molar-refractivity contribution in [3.8, 4) is 56.5 Å². The monoisotopic (exact) mass is 776 g/mol. The molecular formula is C56H32N4O. The molecule has 0 saturated heterocycles. The molecular weight excluding hydrogens is 745 g/mol. The van der Waals surface area contributed by atoms with E-state index in [4.69, 9.17) is 24.4 Å². The van der Waals surface area contributed by atoms with Crippen molar-refractivity contribution in [1.82, 2.24) is 19.9 Å². The summed E-state index contributed by atoms with van der Waals surface area (Å²) in [5.41, 5.74) is 9.53. The lowest BCUT2D eigenvalue weighted by molar-refractivity contribution is 0.669. The zero-order valence-electron chi connectivity index (χ0n) is 32.7. The van der Waals surface area contributed by atoms with E-state index < -0.39 is 0 Å². The Morgan fingerprint density at radius 2 is 0.852 bits per heavy atom. The van der Waals surface area contributed by atoms with Crippen molar-refractivity contribution in [2.75, 3.05) is 0 Å². The Labute approximate surface area is 349 Å². The maximum Gasteiger partial charge on any atom is 0.164 e. The molecule has 0 aliphatic carbocycles. The summed E-state index contributed by atoms with van der Waals surface area (Å²) >= 11 is 0. The van der Waals surface area contributed by atoms with Crippen molar-refractivity contribution >= 4 is 75.9 Å². The van der Waals surface area contributed by atoms with Gasteiger partial charge in [-0.25, -0.2) is 19.9 Å². The molecule has 5 heteroatoms. The van der Waals surface area contributed by atoms with E-state index in [1.54, 1.807) is 0 Å². The fourth-order valence-electron chi connectivity index (χ4n) is 9.44. The lowest BCUT2D eigenvalue weighted by atomic mass is 9.92. The molecule has 0 N–H and O–H groups in total. The van der Waals surface area contributed by atoms with Crippen molar-refractivity contribution in [1.29, 1.82) is 0 Å². The summed E-state index contributed by atoms with van der Waals surface area (Å²) in [6.07, 6.45) is 0. The molecule has 5 nitrogen and oxygen atoms in total. The van der Waals surface area contributed by atoms with Crippen LogP contribution in [0.5, 0.6) is 0 Å². The Morgan fingerprint density at radius 3 is 1.64 bits per heavy atom. The van der Waals surface area contributed by atoms with Crippen molar-refractivity contribution in [2.45, 2.75) is 0 Å². The second kappa shape index (κ2) is 13.1. The molecule has 0 aliphatic heterocycles. The number of nitrogens with zero attached hydrogens (tertiary/aromatic N) is 4. The minimum absolute atomic E-state index is 0.624. The van der Waals surface area contributed by atoms with Crippen LogP contribution in [-0.4, -0.2) is 19.9 Å². The molecule has 3 heterocycles. The standard InChI is InChI=1S/C56H32N4O/c1-2-11-37(12-3-1)54-58-55(60-56(59-54)44-30-28-36-24-23-34-13-10-14-35-27-29-42(44)50(36)49(34)35)38-25-21-33(22-26-38)39-31-32-43(41-16-5-4-15-40(39)41)52-53-51(45-17-6-8-19-47(45)57-52)46-18-7-9-20-48(46)61-53/h1-32H. The highest BCUT2D eigenvalue weighted by molar-refractivity contribution is 6.25. The first-order valence-corrected chi connectivity index (χ1v) is 20.5. The molecule has 0 bridgehead atoms. The second-order valence-corrected chi connectivity index (χ2v) is 15.7. The van der Waals surface area contributed by atoms with Gasteiger partial charge in [0.2, 0.25) is 0 Å². The number of furan rings is 1. The fraction of sp³-hybridized carbons (Fsp3) is 0. The van der Waals surface area contributed by atoms with Crippen LogP contribution < -0.4 is 0 Å². The van der Waals surface area contributed by atoms with Gasteiger partial charge < -0.3 is 4.42 Å². The maximum absolute atomic E-state index is 6.61. The minimum atomic E-state index is 0.624. The number of hydrogen-bond acceptors (Lipinski definition) is 5. The number of fused-ring (bicyclic) bond motifs is 6. The summed E-state index contributed by atoms with van der Waals surface area (Å²) in [7, 11) is 0. The summed E-state index contributed by atoms with van der Waals surface area (Å²) in [5, 5.41) is 12.8. The van der Waals surface area contributed by atoms with Gasteiger partial charge in [0.15, 0.2) is 23.1 Å². The van der Waals surface area contributed by atoms with Crippen LogP contribution in [0.15, 0.2) is 199 Å². The Hall–Kier alpha value is -8.28. The first kappa shape index (κ1) is 33.7. The van der Waals surface area contributed by atoms with Crippen LogP contribution in [0, 0.1) is 0 Å². The smallest absolute Gasteiger partial charge is 0.164 e. The van der Waals surface area contributed by atoms with E-state index in [1.165, 1.54) is 26.9 Å². The van der Waals surface area contributed by atoms with E-state index >= 15 is 0 Å². The lowest BCUT2D eigenvalue weighted by Crippen LogP contribution is -2.00. The Morgan fingerprint density at radius 1 is 0.295 bits per heavy atom. The predicted octanol–water partition coefficient (Wildman–Crippen LogP) is 14.7. The highest BCUT2D eigenvalue weighted by Crippen LogP contribution is 2.43. The maximum atomic E-state index is 6.61. The van der Waals surface area contributed by atoms with E-state index in [0.29, 0.717) is 17.5 Å². The molecule has 0 spiro atoms. The average Bonchev–Trinajstić information content (AvgIpc) is 3.73. The average molecular weight is 777 g/mol. The van der Waals surface area contributed by atoms with Gasteiger partial charge in [-0.1, -0.05) is 176 Å². The van der Waals surface area contributed by atoms with Crippen LogP contribution >= 0.6 is 0 Å². The molecule has 13 rings (SSSR count). The molecule has 0 aliphatic rings. The Kier molecular flexibility index (Phi) is 7.24. The van der Waals surface area contributed by atoms with E-state index in [9.17, 15) is 0 Å². The molecule has 10 aromatic carbocycles. The highest BCUT2D eigenvalue weighted by Gasteiger charge is 2.21. The van der Waals surface area contributed by atoms with Crippen molar-refractivity contribution < 1.29 is 4.42 Å². The summed E-state index contributed by atoms with van der Waals surface area (Å²) in [6, 6.07) is 68.0. The normalized spacial score (nSPS) is 11.9. The molecule has 0 saturated carbocycles. The zero-order valence-corrected chi connectivity index (χ0v) is 32.7. The van der Waals surface area contributed by atoms with Gasteiger partial charge >= 0.3 is 0 Å². The number of aromatic nitrogens is 4. The zero-order chi connectivity index (χ0) is 40.0. The molecule has 61 heavy (non-hydrogen) atoms. The molecule has 0 radical (unpaired) electrons. The van der Waals surface area contributed by atoms with Gasteiger partial charge in [0.25, 0.3) is 0 Å². The molecule has 0 atom stereocenters. The SMILES string of the molecule is c1ccc(-c2nc(-c3ccc(-c4ccc(-c5nc6ccccc6c6c5oc5ccccc56)c5ccccc45)cc3)nc(-c3ccc4ccc5cccc6ccc3c4c56)n2)cc1. The molecule has 282 valence electrons. The summed E-state index contributed by atoms with van der Waals surface area (Å²) in [4.78, 5) is 20.7. The molecule has 0 amide bonds. The van der Waals surface area contributed by atoms with Gasteiger partial charge in [-0.3, -0.25) is 0 Å². The van der Waals surface area contributed by atoms with Gasteiger partial charge in [0.1, 0.15) is 11.3 Å². The van der Waals surface area contributed by atoms with Crippen LogP contribution in [0.25, 0.3) is 132 Å². The second-order valence-electron chi connectivity index (χ2n) is 15.7. The molecule has 3 aromatic heterocycles. The van der Waals surface area contributed by atoms with Crippen LogP contribution in [0.2, 0.25) is 0 Å². The molecule has 0 unspecified atom stereocenters. The molecule has 0 fully saturated rings. The summed E-state index contributed by atoms with van der Waals surface area (Å²) in [6.45, 7) is 0. The Balaban J connectivity index is 0.945. The van der Waals surface area contributed by atoms with E-state index in [2.05, 4.69) is 158 Å². The first-order valence-electron chi connectivity index (χ1n) is 20.5. The van der Waals surface area contributed by atoms with Gasteiger partial charge in [0, 0.05) is 38.4 Å². The summed E-state index contributed by atoms with van der Waals surface area (Å²) in [5.74, 6) is 1.91. The van der Waals surface area contributed by atoms with Gasteiger partial charge in [-0.2, -0.15) is 0 Å². The van der Waals surface area contributed by atoms with Crippen LogP contribution in [-0.2, 0) is 0 Å². The summed E-state index contributed by atoms with van der Waals surface area (Å²) < 4.78 is 6.61. The van der Waals surface area contributed by atoms with Gasteiger partial charge in [-0.05, 0) is 72.4 Å². The predicted molar refractivity (Wildman–Crippen MR) is 251 cm³/mol. The van der Waals surface area contributed by atoms with Crippen molar-refractivity contribution in [3.05, 3.63) is 194 Å². The molecule has 13 aromatic rings. The van der Waals surface area contributed by atoms with E-state index in [-0.39, 0.29) is 0 Å². The number of para-hydroxylation sites is 2. The van der Waals surface area contributed by atoms with Gasteiger partial charge in [0.05, 0.1) is 5.52 Å². The van der Waals surface area contributed by atoms with E-state index in [1.807, 2.05) is 36.4 Å². The quantitative estimate of drug-likeness (QED) is 0.163. The van der Waals surface area contributed by atoms with Crippen LogP contribution in [0.4, 0.5) is 0 Å².